The smallest absolute Gasteiger partial charge is 0.370 e. The molecule has 9 nitrogen and oxygen atoms in total. The Morgan fingerprint density at radius 3 is 2.55 bits per heavy atom. The lowest BCUT2D eigenvalue weighted by molar-refractivity contribution is -0.137. The topological polar surface area (TPSA) is 147 Å². The molecule has 2 heterocycles. The molecule has 2 aromatic rings. The number of carbonyl (C=O) groups is 1. The zero-order chi connectivity index (χ0) is 28.9. The Kier molecular flexibility index (Phi) is 9.00. The van der Waals surface area contributed by atoms with Crippen molar-refractivity contribution in [1.29, 1.82) is 0 Å². The molecule has 4 rings (SSSR count). The molecule has 2 amide bonds. The minimum Gasteiger partial charge on any atom is -0.370 e. The molecule has 2 atom stereocenters. The number of aliphatic imine (C=N–C) groups is 1. The van der Waals surface area contributed by atoms with E-state index in [0.717, 1.165) is 30.2 Å². The second-order valence-corrected chi connectivity index (χ2v) is 10.0. The summed E-state index contributed by atoms with van der Waals surface area (Å²) in [6.07, 6.45) is 0.250. The van der Waals surface area contributed by atoms with E-state index in [4.69, 9.17) is 17.2 Å². The van der Waals surface area contributed by atoms with Gasteiger partial charge in [0.05, 0.1) is 11.3 Å². The van der Waals surface area contributed by atoms with Crippen molar-refractivity contribution in [3.8, 4) is 0 Å². The zero-order valence-electron chi connectivity index (χ0n) is 22.3. The Hall–Kier alpha value is -4.03. The molecule has 12 heteroatoms. The molecule has 0 saturated heterocycles. The molecule has 2 aliphatic rings. The van der Waals surface area contributed by atoms with Gasteiger partial charge in [-0.2, -0.15) is 13.2 Å². The number of alkyl halides is 3. The van der Waals surface area contributed by atoms with Crippen LogP contribution in [0.5, 0.6) is 0 Å². The molecule has 0 bridgehead atoms. The average molecular weight is 557 g/mol. The monoisotopic (exact) mass is 556 g/mol. The van der Waals surface area contributed by atoms with Gasteiger partial charge in [-0.3, -0.25) is 9.89 Å². The van der Waals surface area contributed by atoms with Crippen LogP contribution in [0.2, 0.25) is 0 Å². The second-order valence-electron chi connectivity index (χ2n) is 10.0. The van der Waals surface area contributed by atoms with Crippen LogP contribution in [0.4, 0.5) is 23.7 Å². The van der Waals surface area contributed by atoms with Gasteiger partial charge in [0.25, 0.3) is 0 Å². The van der Waals surface area contributed by atoms with Crippen molar-refractivity contribution in [2.75, 3.05) is 18.0 Å². The molecule has 214 valence electrons. The maximum Gasteiger partial charge on any atom is 0.416 e. The number of aryl methyl sites for hydroxylation is 1. The number of urea groups is 1. The van der Waals surface area contributed by atoms with Crippen molar-refractivity contribution in [3.05, 3.63) is 82.6 Å². The highest BCUT2D eigenvalue weighted by Crippen LogP contribution is 2.34. The molecule has 40 heavy (non-hydrogen) atoms. The van der Waals surface area contributed by atoms with Crippen molar-refractivity contribution >= 4 is 23.4 Å². The van der Waals surface area contributed by atoms with E-state index in [-0.39, 0.29) is 18.0 Å². The number of benzene rings is 2. The molecule has 9 N–H and O–H groups in total. The van der Waals surface area contributed by atoms with Gasteiger partial charge in [0, 0.05) is 36.6 Å². The van der Waals surface area contributed by atoms with Crippen LogP contribution < -0.4 is 38.1 Å². The van der Waals surface area contributed by atoms with E-state index in [1.165, 1.54) is 11.0 Å². The number of hydrogen-bond acceptors (Lipinski definition) is 5. The Morgan fingerprint density at radius 2 is 1.88 bits per heavy atom. The maximum absolute atomic E-state index is 13.6. The largest absolute Gasteiger partial charge is 0.416 e. The third kappa shape index (κ3) is 7.54. The lowest BCUT2D eigenvalue weighted by atomic mass is 9.99. The Morgan fingerprint density at radius 1 is 1.12 bits per heavy atom. The summed E-state index contributed by atoms with van der Waals surface area (Å²) in [6, 6.07) is 11.1. The molecule has 0 fully saturated rings. The molecule has 0 spiro atoms. The Labute approximate surface area is 231 Å². The van der Waals surface area contributed by atoms with Crippen LogP contribution in [-0.2, 0) is 19.1 Å². The van der Waals surface area contributed by atoms with Gasteiger partial charge >= 0.3 is 12.2 Å². The summed E-state index contributed by atoms with van der Waals surface area (Å²) in [7, 11) is 0. The Bertz CT molecular complexity index is 1300. The van der Waals surface area contributed by atoms with Gasteiger partial charge < -0.3 is 33.2 Å². The molecule has 2 aromatic carbocycles. The van der Waals surface area contributed by atoms with Crippen molar-refractivity contribution in [1.82, 2.24) is 16.0 Å². The number of fused-ring (bicyclic) bond motifs is 1. The summed E-state index contributed by atoms with van der Waals surface area (Å²) >= 11 is 0. The minimum absolute atomic E-state index is 0.0801. The predicted octanol–water partition coefficient (Wildman–Crippen LogP) is 3.12. The van der Waals surface area contributed by atoms with E-state index < -0.39 is 17.9 Å². The number of nitrogens with two attached hydrogens (primary N) is 3. The molecular weight excluding hydrogens is 521 g/mol. The number of guanidine groups is 1. The van der Waals surface area contributed by atoms with Gasteiger partial charge in [-0.1, -0.05) is 12.1 Å². The highest BCUT2D eigenvalue weighted by molar-refractivity contribution is 5.96. The van der Waals surface area contributed by atoms with Crippen molar-refractivity contribution in [3.63, 3.8) is 0 Å². The first-order chi connectivity index (χ1) is 19.0. The van der Waals surface area contributed by atoms with Gasteiger partial charge in [-0.05, 0) is 85.8 Å². The molecule has 0 saturated carbocycles. The first-order valence-electron chi connectivity index (χ1n) is 13.1. The number of carbonyl (C=O) groups excluding carboxylic acids is 1. The molecule has 2 aliphatic heterocycles. The fraction of sp³-hybridized carbons (Fsp3) is 0.357. The van der Waals surface area contributed by atoms with E-state index in [9.17, 15) is 18.0 Å². The third-order valence-corrected chi connectivity index (χ3v) is 6.58. The quantitative estimate of drug-likeness (QED) is 0.142. The number of amides is 2. The number of anilines is 1. The summed E-state index contributed by atoms with van der Waals surface area (Å²) in [5.41, 5.74) is 19.6. The van der Waals surface area contributed by atoms with Gasteiger partial charge in [0.1, 0.15) is 6.17 Å². The van der Waals surface area contributed by atoms with Gasteiger partial charge in [0.15, 0.2) is 5.96 Å². The van der Waals surface area contributed by atoms with E-state index >= 15 is 0 Å². The summed E-state index contributed by atoms with van der Waals surface area (Å²) in [6.45, 7) is 3.78. The number of hydrogen-bond donors (Lipinski definition) is 6. The fourth-order valence-electron chi connectivity index (χ4n) is 4.49. The lowest BCUT2D eigenvalue weighted by Crippen LogP contribution is -2.51. The van der Waals surface area contributed by atoms with Gasteiger partial charge in [-0.15, -0.1) is 0 Å². The van der Waals surface area contributed by atoms with E-state index in [0.29, 0.717) is 48.4 Å². The molecular formula is C28H35F3N8O. The van der Waals surface area contributed by atoms with Gasteiger partial charge in [0.2, 0.25) is 0 Å². The fourth-order valence-corrected chi connectivity index (χ4v) is 4.49. The Balaban J connectivity index is 1.47. The van der Waals surface area contributed by atoms with Crippen LogP contribution in [0.1, 0.15) is 42.0 Å². The first kappa shape index (κ1) is 29.0. The highest BCUT2D eigenvalue weighted by atomic mass is 19.4. The van der Waals surface area contributed by atoms with Gasteiger partial charge in [-0.25, -0.2) is 4.79 Å². The number of rotatable bonds is 11. The molecule has 0 aromatic heterocycles. The average Bonchev–Trinajstić information content (AvgIpc) is 3.31. The summed E-state index contributed by atoms with van der Waals surface area (Å²) < 4.78 is 40.9. The SMILES string of the molecule is C[C@H](N)CCc1cc(C2=CC3=CN(c4ccc(CNCCCN=C(N)N)cc4)C(=O)NC3N2)cc(C(F)(F)F)c1. The van der Waals surface area contributed by atoms with Crippen LogP contribution in [0, 0.1) is 0 Å². The summed E-state index contributed by atoms with van der Waals surface area (Å²) in [4.78, 5) is 18.3. The van der Waals surface area contributed by atoms with Crippen LogP contribution in [0.3, 0.4) is 0 Å². The number of nitrogens with zero attached hydrogens (tertiary/aromatic N) is 2. The predicted molar refractivity (Wildman–Crippen MR) is 151 cm³/mol. The standard InChI is InChI=1S/C28H35F3N8O/c1-17(32)3-4-19-11-20(13-22(12-19)28(29,30)31)24-14-21-16-39(27(40)38-25(21)37-24)23-7-5-18(6-8-23)15-35-9-2-10-36-26(33)34/h5-8,11-14,16-17,25,35,37H,2-4,9-10,15,32H2,1H3,(H,38,40)(H4,33,34,36)/t17-,25?/m0/s1. The molecule has 0 radical (unpaired) electrons. The third-order valence-electron chi connectivity index (χ3n) is 6.58. The zero-order valence-corrected chi connectivity index (χ0v) is 22.3. The lowest BCUT2D eigenvalue weighted by Gasteiger charge is -2.29. The maximum atomic E-state index is 13.6. The second kappa shape index (κ2) is 12.4. The van der Waals surface area contributed by atoms with E-state index in [1.807, 2.05) is 31.2 Å². The van der Waals surface area contributed by atoms with E-state index in [1.54, 1.807) is 18.3 Å². The van der Waals surface area contributed by atoms with Crippen LogP contribution in [-0.4, -0.2) is 37.3 Å². The number of nitrogens with one attached hydrogen (secondary N) is 3. The summed E-state index contributed by atoms with van der Waals surface area (Å²) in [5, 5.41) is 9.34. The van der Waals surface area contributed by atoms with Crippen molar-refractivity contribution in [2.45, 2.75) is 51.1 Å². The highest BCUT2D eigenvalue weighted by Gasteiger charge is 2.34. The number of halogens is 3. The first-order valence-corrected chi connectivity index (χ1v) is 13.1. The molecule has 0 aliphatic carbocycles. The van der Waals surface area contributed by atoms with Crippen LogP contribution in [0.25, 0.3) is 5.70 Å². The summed E-state index contributed by atoms with van der Waals surface area (Å²) in [5.74, 6) is 0.0801. The normalized spacial score (nSPS) is 17.4. The van der Waals surface area contributed by atoms with Crippen LogP contribution >= 0.6 is 0 Å². The van der Waals surface area contributed by atoms with Crippen molar-refractivity contribution < 1.29 is 18.0 Å². The van der Waals surface area contributed by atoms with E-state index in [2.05, 4.69) is 20.9 Å². The molecule has 1 unspecified atom stereocenters. The van der Waals surface area contributed by atoms with Crippen molar-refractivity contribution in [2.24, 2.45) is 22.2 Å². The van der Waals surface area contributed by atoms with Crippen LogP contribution in [0.15, 0.2) is 65.3 Å². The minimum atomic E-state index is -4.48.